The monoisotopic (exact) mass is 394 g/mol. The molecule has 29 heavy (non-hydrogen) atoms. The maximum absolute atomic E-state index is 13.0. The van der Waals surface area contributed by atoms with Crippen molar-refractivity contribution in [2.75, 3.05) is 5.73 Å². The van der Waals surface area contributed by atoms with E-state index in [0.717, 1.165) is 45.6 Å². The Balaban J connectivity index is 1.76. The van der Waals surface area contributed by atoms with E-state index < -0.39 is 17.0 Å². The van der Waals surface area contributed by atoms with E-state index in [0.29, 0.717) is 0 Å². The molecule has 1 aliphatic rings. The van der Waals surface area contributed by atoms with Crippen LogP contribution in [-0.4, -0.2) is 19.5 Å². The molecule has 8 nitrogen and oxygen atoms in total. The maximum atomic E-state index is 13.0. The highest BCUT2D eigenvalue weighted by Gasteiger charge is 2.31. The summed E-state index contributed by atoms with van der Waals surface area (Å²) in [5.41, 5.74) is 7.91. The van der Waals surface area contributed by atoms with Gasteiger partial charge >= 0.3 is 5.69 Å². The Labute approximate surface area is 167 Å². The molecule has 0 aliphatic carbocycles. The number of anilines is 1. The lowest BCUT2D eigenvalue weighted by Gasteiger charge is -2.10. The molecular formula is C21H24N5O3+. The van der Waals surface area contributed by atoms with E-state index in [9.17, 15) is 14.4 Å². The number of aromatic nitrogens is 4. The number of nitrogens with two attached hydrogens (primary N) is 1. The molecule has 1 aliphatic heterocycles. The minimum absolute atomic E-state index is 0.00115. The molecular weight excluding hydrogens is 370 g/mol. The lowest BCUT2D eigenvalue weighted by molar-refractivity contribution is -0.689. The molecule has 8 heteroatoms. The van der Waals surface area contributed by atoms with Crippen molar-refractivity contribution in [1.29, 1.82) is 0 Å². The normalized spacial score (nSPS) is 12.9. The van der Waals surface area contributed by atoms with E-state index in [1.807, 2.05) is 17.7 Å². The van der Waals surface area contributed by atoms with E-state index in [2.05, 4.69) is 28.8 Å². The van der Waals surface area contributed by atoms with Crippen LogP contribution < -0.4 is 21.5 Å². The Morgan fingerprint density at radius 1 is 1.14 bits per heavy atom. The van der Waals surface area contributed by atoms with Crippen LogP contribution in [0.4, 0.5) is 5.82 Å². The van der Waals surface area contributed by atoms with E-state index >= 15 is 0 Å². The molecule has 2 aromatic heterocycles. The predicted octanol–water partition coefficient (Wildman–Crippen LogP) is 0.560. The van der Waals surface area contributed by atoms with E-state index in [-0.39, 0.29) is 17.9 Å². The zero-order chi connectivity index (χ0) is 20.9. The molecule has 0 bridgehead atoms. The number of nitrogen functional groups attached to an aromatic ring is 1. The Bertz CT molecular complexity index is 1250. The molecule has 0 spiro atoms. The van der Waals surface area contributed by atoms with Crippen molar-refractivity contribution in [3.63, 3.8) is 0 Å². The summed E-state index contributed by atoms with van der Waals surface area (Å²) < 4.78 is 6.16. The van der Waals surface area contributed by atoms with E-state index in [1.165, 1.54) is 19.7 Å². The van der Waals surface area contributed by atoms with E-state index in [4.69, 9.17) is 5.73 Å². The van der Waals surface area contributed by atoms with Crippen molar-refractivity contribution in [1.82, 2.24) is 13.7 Å². The van der Waals surface area contributed by atoms with Gasteiger partial charge in [-0.05, 0) is 13.3 Å². The number of rotatable bonds is 4. The van der Waals surface area contributed by atoms with Crippen molar-refractivity contribution in [3.8, 4) is 11.3 Å². The molecule has 0 unspecified atom stereocenters. The topological polar surface area (TPSA) is 95.9 Å². The van der Waals surface area contributed by atoms with Crippen LogP contribution >= 0.6 is 0 Å². The second kappa shape index (κ2) is 6.88. The zero-order valence-electron chi connectivity index (χ0n) is 16.8. The molecule has 0 amide bonds. The summed E-state index contributed by atoms with van der Waals surface area (Å²) in [6.45, 7) is 2.94. The molecule has 3 heterocycles. The van der Waals surface area contributed by atoms with Gasteiger partial charge in [-0.3, -0.25) is 18.7 Å². The van der Waals surface area contributed by atoms with Gasteiger partial charge in [-0.25, -0.2) is 13.9 Å². The average molecular weight is 394 g/mol. The number of benzene rings is 1. The first-order valence-corrected chi connectivity index (χ1v) is 9.57. The van der Waals surface area contributed by atoms with E-state index in [1.54, 1.807) is 0 Å². The highest BCUT2D eigenvalue weighted by molar-refractivity contribution is 5.98. The molecule has 2 N–H and O–H groups in total. The molecule has 0 radical (unpaired) electrons. The summed E-state index contributed by atoms with van der Waals surface area (Å²) in [6, 6.07) is 8.27. The predicted molar refractivity (Wildman–Crippen MR) is 109 cm³/mol. The molecule has 0 fully saturated rings. The Morgan fingerprint density at radius 2 is 1.83 bits per heavy atom. The summed E-state index contributed by atoms with van der Waals surface area (Å²) in [6.07, 6.45) is 3.83. The van der Waals surface area contributed by atoms with Gasteiger partial charge in [0.1, 0.15) is 17.6 Å². The molecule has 4 rings (SSSR count). The second-order valence-electron chi connectivity index (χ2n) is 7.57. The number of Topliss-reactive ketones (excluding diaryl/α,β-unsaturated/α-hetero) is 1. The number of carbonyl (C=O) groups excluding carboxylic acids is 1. The summed E-state index contributed by atoms with van der Waals surface area (Å²) in [4.78, 5) is 37.6. The minimum atomic E-state index is -0.661. The molecule has 150 valence electrons. The molecule has 0 saturated heterocycles. The highest BCUT2D eigenvalue weighted by Crippen LogP contribution is 2.25. The van der Waals surface area contributed by atoms with Gasteiger partial charge in [-0.15, -0.1) is 0 Å². The molecule has 1 aromatic carbocycles. The van der Waals surface area contributed by atoms with Crippen molar-refractivity contribution in [2.24, 2.45) is 14.1 Å². The average Bonchev–Trinajstić information content (AvgIpc) is 3.30. The quantitative estimate of drug-likeness (QED) is 0.517. The summed E-state index contributed by atoms with van der Waals surface area (Å²) in [5, 5.41) is 0. The first-order valence-electron chi connectivity index (χ1n) is 9.57. The standard InChI is InChI=1S/C21H23N5O3/c1-13-6-8-14(9-7-13)15-11-25(17-5-4-10-26(15)17)12-16(27)18-19(22)23(2)21(29)24(3)20(18)28/h6-9,11H,4-5,10,12H2,1-3H3,(H-,22,27,28)/p+1. The fourth-order valence-corrected chi connectivity index (χ4v) is 3.96. The smallest absolute Gasteiger partial charge is 0.332 e. The number of nitrogens with zero attached hydrogens (tertiary/aromatic N) is 4. The van der Waals surface area contributed by atoms with Gasteiger partial charge in [0.15, 0.2) is 12.2 Å². The van der Waals surface area contributed by atoms with Crippen molar-refractivity contribution < 1.29 is 9.36 Å². The maximum Gasteiger partial charge on any atom is 0.332 e. The van der Waals surface area contributed by atoms with Crippen LogP contribution in [0.25, 0.3) is 11.3 Å². The third kappa shape index (κ3) is 3.00. The first-order chi connectivity index (χ1) is 13.8. The lowest BCUT2D eigenvalue weighted by Crippen LogP contribution is -2.45. The van der Waals surface area contributed by atoms with Crippen LogP contribution in [-0.2, 0) is 33.6 Å². The van der Waals surface area contributed by atoms with Gasteiger partial charge in [-0.2, -0.15) is 0 Å². The number of hydrogen-bond donors (Lipinski definition) is 1. The third-order valence-corrected chi connectivity index (χ3v) is 5.64. The van der Waals surface area contributed by atoms with Gasteiger partial charge in [-0.1, -0.05) is 29.8 Å². The fourth-order valence-electron chi connectivity index (χ4n) is 3.96. The van der Waals surface area contributed by atoms with Gasteiger partial charge in [0, 0.05) is 19.7 Å². The van der Waals surface area contributed by atoms with Gasteiger partial charge in [0.05, 0.1) is 13.0 Å². The summed E-state index contributed by atoms with van der Waals surface area (Å²) in [5.74, 6) is 0.548. The number of imidazole rings is 1. The third-order valence-electron chi connectivity index (χ3n) is 5.64. The highest BCUT2D eigenvalue weighted by atomic mass is 16.2. The number of fused-ring (bicyclic) bond motifs is 1. The Kier molecular flexibility index (Phi) is 4.49. The number of aryl methyl sites for hydroxylation is 1. The largest absolute Gasteiger partial charge is 0.384 e. The summed E-state index contributed by atoms with van der Waals surface area (Å²) in [7, 11) is 2.80. The van der Waals surface area contributed by atoms with Crippen LogP contribution in [0.15, 0.2) is 40.1 Å². The molecule has 0 saturated carbocycles. The number of hydrogen-bond acceptors (Lipinski definition) is 4. The molecule has 3 aromatic rings. The number of carbonyl (C=O) groups is 1. The van der Waals surface area contributed by atoms with Crippen LogP contribution in [0.2, 0.25) is 0 Å². The minimum Gasteiger partial charge on any atom is -0.384 e. The van der Waals surface area contributed by atoms with Crippen LogP contribution in [0.5, 0.6) is 0 Å². The SMILES string of the molecule is Cc1ccc(-c2c[n+](CC(=O)c3c(N)n(C)c(=O)n(C)c3=O)c3n2CCC3)cc1. The molecule has 0 atom stereocenters. The fraction of sp³-hybridized carbons (Fsp3) is 0.333. The van der Waals surface area contributed by atoms with Gasteiger partial charge in [0.2, 0.25) is 5.78 Å². The zero-order valence-corrected chi connectivity index (χ0v) is 16.8. The van der Waals surface area contributed by atoms with Crippen LogP contribution in [0, 0.1) is 6.92 Å². The van der Waals surface area contributed by atoms with Crippen molar-refractivity contribution in [2.45, 2.75) is 32.9 Å². The van der Waals surface area contributed by atoms with Crippen molar-refractivity contribution >= 4 is 11.6 Å². The lowest BCUT2D eigenvalue weighted by atomic mass is 10.1. The van der Waals surface area contributed by atoms with Gasteiger partial charge in [0.25, 0.3) is 11.4 Å². The first kappa shape index (κ1) is 18.9. The van der Waals surface area contributed by atoms with Crippen molar-refractivity contribution in [3.05, 3.63) is 68.3 Å². The van der Waals surface area contributed by atoms with Crippen LogP contribution in [0.3, 0.4) is 0 Å². The van der Waals surface area contributed by atoms with Crippen LogP contribution in [0.1, 0.15) is 28.2 Å². The second-order valence-corrected chi connectivity index (χ2v) is 7.57. The summed E-state index contributed by atoms with van der Waals surface area (Å²) >= 11 is 0. The van der Waals surface area contributed by atoms with Gasteiger partial charge < -0.3 is 5.73 Å². The number of ketones is 1. The Morgan fingerprint density at radius 3 is 2.52 bits per heavy atom. The Hall–Kier alpha value is -3.42.